The molecule has 0 bridgehead atoms. The normalized spacial score (nSPS) is 17.6. The summed E-state index contributed by atoms with van der Waals surface area (Å²) in [5.74, 6) is -0.291. The van der Waals surface area contributed by atoms with Gasteiger partial charge in [0.1, 0.15) is 0 Å². The van der Waals surface area contributed by atoms with Crippen molar-refractivity contribution in [2.24, 2.45) is 0 Å². The Kier molecular flexibility index (Phi) is 2.84. The van der Waals surface area contributed by atoms with E-state index in [0.717, 1.165) is 11.7 Å². The van der Waals surface area contributed by atoms with Gasteiger partial charge in [0.05, 0.1) is 10.6 Å². The number of rotatable bonds is 2. The molecular formula is C10H9ClO4S2. The van der Waals surface area contributed by atoms with Crippen molar-refractivity contribution in [1.82, 2.24) is 0 Å². The molecule has 1 aliphatic rings. The second-order valence-corrected chi connectivity index (χ2v) is 8.24. The largest absolute Gasteiger partial charge is 0.229 e. The summed E-state index contributed by atoms with van der Waals surface area (Å²) in [6, 6.07) is 4.40. The van der Waals surface area contributed by atoms with Gasteiger partial charge in [0.15, 0.2) is 9.84 Å². The molecule has 0 unspecified atom stereocenters. The Bertz CT molecular complexity index is 715. The van der Waals surface area contributed by atoms with E-state index in [2.05, 4.69) is 0 Å². The zero-order valence-electron chi connectivity index (χ0n) is 8.84. The Balaban J connectivity index is 2.62. The lowest BCUT2D eigenvalue weighted by Crippen LogP contribution is -2.04. The van der Waals surface area contributed by atoms with Crippen LogP contribution in [0.25, 0.3) is 5.57 Å². The van der Waals surface area contributed by atoms with Crippen LogP contribution in [0.3, 0.4) is 0 Å². The van der Waals surface area contributed by atoms with E-state index in [1.807, 2.05) is 0 Å². The standard InChI is InChI=1S/C10H9ClO4S2/c1-16(12,13)5-7-6-17(14,15)10-4-8(11)2-3-9(7)10/h2-4,6H,5H2,1H3. The van der Waals surface area contributed by atoms with Gasteiger partial charge in [-0.05, 0) is 23.3 Å². The predicted octanol–water partition coefficient (Wildman–Crippen LogP) is 1.51. The summed E-state index contributed by atoms with van der Waals surface area (Å²) in [6.07, 6.45) is 1.06. The molecule has 1 aromatic rings. The zero-order chi connectivity index (χ0) is 12.8. The summed E-state index contributed by atoms with van der Waals surface area (Å²) in [6.45, 7) is 0. The van der Waals surface area contributed by atoms with E-state index in [-0.39, 0.29) is 10.6 Å². The third-order valence-corrected chi connectivity index (χ3v) is 4.93. The Morgan fingerprint density at radius 2 is 1.94 bits per heavy atom. The van der Waals surface area contributed by atoms with Crippen LogP contribution in [0.2, 0.25) is 5.02 Å². The van der Waals surface area contributed by atoms with Crippen LogP contribution in [0.1, 0.15) is 5.56 Å². The average molecular weight is 293 g/mol. The van der Waals surface area contributed by atoms with Gasteiger partial charge in [-0.25, -0.2) is 16.8 Å². The lowest BCUT2D eigenvalue weighted by atomic mass is 10.1. The first-order valence-electron chi connectivity index (χ1n) is 4.62. The topological polar surface area (TPSA) is 68.3 Å². The lowest BCUT2D eigenvalue weighted by molar-refractivity contribution is 0.603. The quantitative estimate of drug-likeness (QED) is 0.828. The first-order valence-corrected chi connectivity index (χ1v) is 8.61. The molecule has 0 radical (unpaired) electrons. The van der Waals surface area contributed by atoms with Gasteiger partial charge in [0.25, 0.3) is 0 Å². The van der Waals surface area contributed by atoms with E-state index in [1.165, 1.54) is 18.2 Å². The molecule has 0 fully saturated rings. The fourth-order valence-electron chi connectivity index (χ4n) is 1.71. The van der Waals surface area contributed by atoms with Crippen molar-refractivity contribution in [3.63, 3.8) is 0 Å². The Morgan fingerprint density at radius 1 is 1.29 bits per heavy atom. The molecule has 7 heteroatoms. The zero-order valence-corrected chi connectivity index (χ0v) is 11.2. The first kappa shape index (κ1) is 12.6. The molecule has 0 amide bonds. The fourth-order valence-corrected chi connectivity index (χ4v) is 4.36. The van der Waals surface area contributed by atoms with Crippen molar-refractivity contribution in [2.45, 2.75) is 4.90 Å². The average Bonchev–Trinajstić information content (AvgIpc) is 2.35. The van der Waals surface area contributed by atoms with Crippen LogP contribution in [0.15, 0.2) is 28.5 Å². The van der Waals surface area contributed by atoms with Crippen LogP contribution in [-0.4, -0.2) is 28.8 Å². The summed E-state index contributed by atoms with van der Waals surface area (Å²) in [4.78, 5) is 0.0728. The number of hydrogen-bond donors (Lipinski definition) is 0. The predicted molar refractivity (Wildman–Crippen MR) is 66.3 cm³/mol. The smallest absolute Gasteiger partial charge is 0.200 e. The highest BCUT2D eigenvalue weighted by Gasteiger charge is 2.28. The van der Waals surface area contributed by atoms with Crippen LogP contribution < -0.4 is 0 Å². The molecule has 1 heterocycles. The third-order valence-electron chi connectivity index (χ3n) is 2.31. The maximum absolute atomic E-state index is 11.8. The summed E-state index contributed by atoms with van der Waals surface area (Å²) < 4.78 is 46.0. The van der Waals surface area contributed by atoms with Crippen LogP contribution >= 0.6 is 11.6 Å². The lowest BCUT2D eigenvalue weighted by Gasteiger charge is -2.03. The number of hydrogen-bond acceptors (Lipinski definition) is 4. The molecule has 92 valence electrons. The van der Waals surface area contributed by atoms with E-state index >= 15 is 0 Å². The fraction of sp³-hybridized carbons (Fsp3) is 0.200. The van der Waals surface area contributed by atoms with Crippen LogP contribution in [-0.2, 0) is 19.7 Å². The van der Waals surface area contributed by atoms with Crippen molar-refractivity contribution in [3.05, 3.63) is 34.2 Å². The molecule has 1 aromatic carbocycles. The van der Waals surface area contributed by atoms with E-state index in [1.54, 1.807) is 0 Å². The first-order chi connectivity index (χ1) is 7.69. The SMILES string of the molecule is CS(=O)(=O)CC1=CS(=O)(=O)c2cc(Cl)ccc21. The van der Waals surface area contributed by atoms with Crippen molar-refractivity contribution in [2.75, 3.05) is 12.0 Å². The molecule has 0 spiro atoms. The summed E-state index contributed by atoms with van der Waals surface area (Å²) in [5.41, 5.74) is 0.707. The molecule has 0 aromatic heterocycles. The van der Waals surface area contributed by atoms with Gasteiger partial charge in [0.2, 0.25) is 9.84 Å². The van der Waals surface area contributed by atoms with Gasteiger partial charge in [-0.3, -0.25) is 0 Å². The van der Waals surface area contributed by atoms with Crippen molar-refractivity contribution in [1.29, 1.82) is 0 Å². The number of halogens is 1. The maximum Gasteiger partial charge on any atom is 0.200 e. The van der Waals surface area contributed by atoms with Crippen molar-refractivity contribution >= 4 is 36.8 Å². The van der Waals surface area contributed by atoms with Gasteiger partial charge in [-0.1, -0.05) is 17.7 Å². The van der Waals surface area contributed by atoms with Gasteiger partial charge in [-0.2, -0.15) is 0 Å². The second kappa shape index (κ2) is 3.83. The monoisotopic (exact) mass is 292 g/mol. The van der Waals surface area contributed by atoms with E-state index in [9.17, 15) is 16.8 Å². The number of benzene rings is 1. The Labute approximate surface area is 105 Å². The van der Waals surface area contributed by atoms with E-state index < -0.39 is 19.7 Å². The molecule has 1 aliphatic heterocycles. The summed E-state index contributed by atoms with van der Waals surface area (Å²) in [7, 11) is -6.84. The van der Waals surface area contributed by atoms with E-state index in [4.69, 9.17) is 11.6 Å². The minimum atomic E-state index is -3.56. The van der Waals surface area contributed by atoms with Crippen LogP contribution in [0.5, 0.6) is 0 Å². The molecule has 0 atom stereocenters. The van der Waals surface area contributed by atoms with Gasteiger partial charge < -0.3 is 0 Å². The molecule has 2 rings (SSSR count). The van der Waals surface area contributed by atoms with Crippen molar-refractivity contribution in [3.8, 4) is 0 Å². The highest BCUT2D eigenvalue weighted by Crippen LogP contribution is 2.35. The van der Waals surface area contributed by atoms with E-state index in [0.29, 0.717) is 16.2 Å². The molecule has 0 aliphatic carbocycles. The molecule has 17 heavy (non-hydrogen) atoms. The highest BCUT2D eigenvalue weighted by atomic mass is 35.5. The molecule has 0 N–H and O–H groups in total. The molecule has 0 saturated carbocycles. The van der Waals surface area contributed by atoms with Crippen molar-refractivity contribution < 1.29 is 16.8 Å². The molecular weight excluding hydrogens is 284 g/mol. The number of sulfone groups is 2. The van der Waals surface area contributed by atoms with Gasteiger partial charge >= 0.3 is 0 Å². The Morgan fingerprint density at radius 3 is 2.53 bits per heavy atom. The molecule has 4 nitrogen and oxygen atoms in total. The third kappa shape index (κ3) is 2.53. The summed E-state index contributed by atoms with van der Waals surface area (Å²) in [5, 5.41) is 1.30. The number of fused-ring (bicyclic) bond motifs is 1. The Hall–Kier alpha value is -0.850. The summed E-state index contributed by atoms with van der Waals surface area (Å²) >= 11 is 5.73. The van der Waals surface area contributed by atoms with Gasteiger partial charge in [-0.15, -0.1) is 0 Å². The van der Waals surface area contributed by atoms with Crippen LogP contribution in [0, 0.1) is 0 Å². The molecule has 0 saturated heterocycles. The van der Waals surface area contributed by atoms with Gasteiger partial charge in [0, 0.05) is 16.7 Å². The maximum atomic E-state index is 11.8. The minimum Gasteiger partial charge on any atom is -0.229 e. The minimum absolute atomic E-state index is 0.0728. The second-order valence-electron chi connectivity index (χ2n) is 3.90. The highest BCUT2D eigenvalue weighted by molar-refractivity contribution is 7.95. The van der Waals surface area contributed by atoms with Crippen LogP contribution in [0.4, 0.5) is 0 Å².